The van der Waals surface area contributed by atoms with Gasteiger partial charge in [0.15, 0.2) is 0 Å². The first-order valence-corrected chi connectivity index (χ1v) is 6.72. The molecule has 0 aromatic rings. The number of hydrogen-bond donors (Lipinski definition) is 0. The highest BCUT2D eigenvalue weighted by Crippen LogP contribution is 2.54. The lowest BCUT2D eigenvalue weighted by molar-refractivity contribution is -0.403. The summed E-state index contributed by atoms with van der Waals surface area (Å²) in [5, 5.41) is 0. The second-order valence-corrected chi connectivity index (χ2v) is 5.79. The fourth-order valence-electron chi connectivity index (χ4n) is 3.91. The zero-order chi connectivity index (χ0) is 12.2. The minimum absolute atomic E-state index is 0.0183. The van der Waals surface area contributed by atoms with E-state index in [9.17, 15) is 4.91 Å². The zero-order valence-electron chi connectivity index (χ0n) is 10.3. The maximum absolute atomic E-state index is 11.8. The molecule has 1 fully saturated rings. The van der Waals surface area contributed by atoms with Crippen molar-refractivity contribution in [3.8, 4) is 0 Å². The number of fused-ring (bicyclic) bond motifs is 1. The quantitative estimate of drug-likeness (QED) is 0.588. The lowest BCUT2D eigenvalue weighted by Crippen LogP contribution is -2.33. The molecule has 0 aromatic heterocycles. The monoisotopic (exact) mass is 238 g/mol. The Kier molecular flexibility index (Phi) is 1.94. The Hall–Kier alpha value is -1.70. The van der Waals surface area contributed by atoms with E-state index < -0.39 is 0 Å². The molecule has 0 amide bonds. The molecule has 4 rings (SSSR count). The van der Waals surface area contributed by atoms with E-state index in [1.54, 1.807) is 12.4 Å². The molecule has 4 aliphatic rings. The van der Waals surface area contributed by atoms with Gasteiger partial charge in [0.2, 0.25) is 12.4 Å². The number of nitrogens with zero attached hydrogens (tertiary/aromatic N) is 1. The summed E-state index contributed by atoms with van der Waals surface area (Å²) in [4.78, 5) is 11.8. The van der Waals surface area contributed by atoms with Gasteiger partial charge in [0.25, 0.3) is 0 Å². The van der Waals surface area contributed by atoms with Crippen LogP contribution in [-0.4, -0.2) is 4.76 Å². The van der Waals surface area contributed by atoms with Gasteiger partial charge in [0.05, 0.1) is 4.76 Å². The second-order valence-electron chi connectivity index (χ2n) is 5.79. The van der Waals surface area contributed by atoms with Gasteiger partial charge in [-0.1, -0.05) is 24.3 Å². The third-order valence-electron chi connectivity index (χ3n) is 4.72. The average Bonchev–Trinajstić information content (AvgIpc) is 2.39. The summed E-state index contributed by atoms with van der Waals surface area (Å²) in [7, 11) is 0. The van der Waals surface area contributed by atoms with Gasteiger partial charge in [-0.3, -0.25) is 0 Å². The molecule has 1 saturated carbocycles. The third-order valence-corrected chi connectivity index (χ3v) is 4.72. The van der Waals surface area contributed by atoms with Crippen molar-refractivity contribution >= 4 is 0 Å². The van der Waals surface area contributed by atoms with Gasteiger partial charge in [0, 0.05) is 15.9 Å². The van der Waals surface area contributed by atoms with Crippen LogP contribution < -0.4 is 0 Å². The Morgan fingerprint density at radius 3 is 3.17 bits per heavy atom. The van der Waals surface area contributed by atoms with Gasteiger partial charge in [0.1, 0.15) is 0 Å². The smallest absolute Gasteiger partial charge is 0.0699 e. The average molecular weight is 238 g/mol. The van der Waals surface area contributed by atoms with Gasteiger partial charge in [-0.25, -0.2) is 0 Å². The summed E-state index contributed by atoms with van der Waals surface area (Å²) in [6.07, 6.45) is 18.9. The van der Waals surface area contributed by atoms with Crippen molar-refractivity contribution in [3.05, 3.63) is 64.4 Å². The molecule has 3 aliphatic carbocycles. The summed E-state index contributed by atoms with van der Waals surface area (Å²) >= 11 is 0. The maximum Gasteiger partial charge on any atom is 0.231 e. The molecule has 90 valence electrons. The van der Waals surface area contributed by atoms with Crippen LogP contribution in [-0.2, 0) is 0 Å². The molecule has 2 atom stereocenters. The minimum atomic E-state index is -0.0183. The molecule has 1 aliphatic heterocycles. The highest BCUT2D eigenvalue weighted by Gasteiger charge is 2.43. The van der Waals surface area contributed by atoms with E-state index in [4.69, 9.17) is 0 Å². The van der Waals surface area contributed by atoms with Crippen LogP contribution in [0.5, 0.6) is 0 Å². The number of rotatable bonds is 0. The van der Waals surface area contributed by atoms with Crippen LogP contribution in [0.1, 0.15) is 25.7 Å². The Balaban J connectivity index is 2.04. The van der Waals surface area contributed by atoms with Gasteiger partial charge >= 0.3 is 0 Å². The van der Waals surface area contributed by atoms with Crippen molar-refractivity contribution < 1.29 is 4.76 Å². The van der Waals surface area contributed by atoms with Gasteiger partial charge in [-0.2, -0.15) is 0 Å². The SMILES string of the molecule is O=[N+]1/C=C\C23C=CC=CC2=C2CC(CC/C2=C/1)C3. The van der Waals surface area contributed by atoms with Gasteiger partial charge in [-0.05, 0) is 48.8 Å². The van der Waals surface area contributed by atoms with E-state index in [-0.39, 0.29) is 5.41 Å². The lowest BCUT2D eigenvalue weighted by atomic mass is 9.60. The van der Waals surface area contributed by atoms with Crippen LogP contribution in [0, 0.1) is 16.2 Å². The molecular weight excluding hydrogens is 222 g/mol. The van der Waals surface area contributed by atoms with Gasteiger partial charge in [-0.15, -0.1) is 0 Å². The van der Waals surface area contributed by atoms with Crippen LogP contribution >= 0.6 is 0 Å². The van der Waals surface area contributed by atoms with Gasteiger partial charge < -0.3 is 0 Å². The fourth-order valence-corrected chi connectivity index (χ4v) is 3.91. The van der Waals surface area contributed by atoms with E-state index in [0.29, 0.717) is 0 Å². The summed E-state index contributed by atoms with van der Waals surface area (Å²) in [6.45, 7) is 0. The fraction of sp³-hybridized carbons (Fsp3) is 0.375. The first kappa shape index (κ1) is 10.2. The highest BCUT2D eigenvalue weighted by atomic mass is 16.3. The number of nitroso groups, excluding NO2 is 1. The van der Waals surface area contributed by atoms with E-state index in [1.807, 2.05) is 0 Å². The zero-order valence-corrected chi connectivity index (χ0v) is 10.3. The predicted molar refractivity (Wildman–Crippen MR) is 70.5 cm³/mol. The molecule has 2 unspecified atom stereocenters. The van der Waals surface area contributed by atoms with Crippen molar-refractivity contribution in [2.24, 2.45) is 11.3 Å². The molecule has 0 radical (unpaired) electrons. The van der Waals surface area contributed by atoms with Crippen molar-refractivity contribution in [1.82, 2.24) is 0 Å². The molecule has 0 saturated heterocycles. The van der Waals surface area contributed by atoms with E-state index in [0.717, 1.165) is 29.9 Å². The molecule has 0 spiro atoms. The van der Waals surface area contributed by atoms with Crippen LogP contribution in [0.25, 0.3) is 0 Å². The third kappa shape index (κ3) is 1.29. The van der Waals surface area contributed by atoms with Crippen molar-refractivity contribution in [3.63, 3.8) is 0 Å². The molecule has 0 N–H and O–H groups in total. The highest BCUT2D eigenvalue weighted by molar-refractivity contribution is 5.54. The standard InChI is InChI=1S/C16H16NO/c18-17-8-7-16-6-2-1-3-15(16)14-9-12(10-16)4-5-13(14)11-17/h1-3,6-8,11-12H,4-5,9-10H2/q+1/b8-7-,13-11-. The summed E-state index contributed by atoms with van der Waals surface area (Å²) in [5.74, 6) is 0.778. The summed E-state index contributed by atoms with van der Waals surface area (Å²) in [5.41, 5.74) is 4.10. The second kappa shape index (κ2) is 3.41. The molecule has 18 heavy (non-hydrogen) atoms. The normalized spacial score (nSPS) is 41.0. The molecule has 2 heteroatoms. The molecule has 0 aromatic carbocycles. The Bertz CT molecular complexity index is 588. The minimum Gasteiger partial charge on any atom is -0.0699 e. The van der Waals surface area contributed by atoms with Crippen LogP contribution in [0.15, 0.2) is 59.5 Å². The maximum atomic E-state index is 11.8. The lowest BCUT2D eigenvalue weighted by Gasteiger charge is -2.43. The van der Waals surface area contributed by atoms with E-state index in [1.165, 1.54) is 23.1 Å². The van der Waals surface area contributed by atoms with Crippen LogP contribution in [0.4, 0.5) is 0 Å². The van der Waals surface area contributed by atoms with Crippen LogP contribution in [0.2, 0.25) is 0 Å². The first-order chi connectivity index (χ1) is 8.77. The van der Waals surface area contributed by atoms with Crippen molar-refractivity contribution in [2.75, 3.05) is 0 Å². The number of hydrogen-bond acceptors (Lipinski definition) is 1. The largest absolute Gasteiger partial charge is 0.231 e. The molecule has 3 bridgehead atoms. The molecule has 2 nitrogen and oxygen atoms in total. The molecular formula is C16H16NO+. The number of allylic oxidation sites excluding steroid dienone is 8. The molecule has 1 heterocycles. The summed E-state index contributed by atoms with van der Waals surface area (Å²) < 4.78 is 0.978. The van der Waals surface area contributed by atoms with E-state index in [2.05, 4.69) is 30.4 Å². The van der Waals surface area contributed by atoms with Crippen LogP contribution in [0.3, 0.4) is 0 Å². The predicted octanol–water partition coefficient (Wildman–Crippen LogP) is 3.79. The Morgan fingerprint density at radius 1 is 1.28 bits per heavy atom. The van der Waals surface area contributed by atoms with Crippen molar-refractivity contribution in [2.45, 2.75) is 25.7 Å². The van der Waals surface area contributed by atoms with E-state index >= 15 is 0 Å². The first-order valence-electron chi connectivity index (χ1n) is 6.72. The summed E-state index contributed by atoms with van der Waals surface area (Å²) in [6, 6.07) is 0. The topological polar surface area (TPSA) is 20.1 Å². The Morgan fingerprint density at radius 2 is 2.22 bits per heavy atom. The Labute approximate surface area is 107 Å². The van der Waals surface area contributed by atoms with Crippen molar-refractivity contribution in [1.29, 1.82) is 0 Å².